The molecule has 1 aliphatic heterocycles. The predicted molar refractivity (Wildman–Crippen MR) is 128 cm³/mol. The maximum Gasteiger partial charge on any atom is 0.271 e. The molecule has 5 nitrogen and oxygen atoms in total. The van der Waals surface area contributed by atoms with Crippen molar-refractivity contribution in [1.82, 2.24) is 10.3 Å². The van der Waals surface area contributed by atoms with Crippen molar-refractivity contribution in [2.24, 2.45) is 5.10 Å². The summed E-state index contributed by atoms with van der Waals surface area (Å²) in [6.07, 6.45) is 4.37. The smallest absolute Gasteiger partial charge is 0.271 e. The van der Waals surface area contributed by atoms with Gasteiger partial charge in [-0.2, -0.15) is 5.10 Å². The van der Waals surface area contributed by atoms with Crippen LogP contribution in [0.4, 0.5) is 0 Å². The topological polar surface area (TPSA) is 53.9 Å². The molecule has 4 rings (SSSR count). The average molecular weight is 426 g/mol. The van der Waals surface area contributed by atoms with Crippen molar-refractivity contribution in [1.29, 1.82) is 0 Å². The quantitative estimate of drug-likeness (QED) is 0.327. The second-order valence-corrected chi connectivity index (χ2v) is 7.80. The van der Waals surface area contributed by atoms with E-state index >= 15 is 0 Å². The first-order valence-corrected chi connectivity index (χ1v) is 10.8. The molecule has 0 saturated carbocycles. The first-order valence-electron chi connectivity index (χ1n) is 10.8. The molecule has 0 aromatic heterocycles. The van der Waals surface area contributed by atoms with Crippen LogP contribution in [0.2, 0.25) is 0 Å². The minimum atomic E-state index is -0.237. The van der Waals surface area contributed by atoms with Gasteiger partial charge in [-0.1, -0.05) is 61.2 Å². The van der Waals surface area contributed by atoms with Crippen molar-refractivity contribution >= 4 is 12.1 Å². The SMILES string of the molecule is C=CCOc1cccc(/C=N\NC(=O)c2ccc(CN3CCc4ccccc4C3)cc2)c1. The molecule has 5 heteroatoms. The Bertz CT molecular complexity index is 1110. The first kappa shape index (κ1) is 21.5. The molecular formula is C27H27N3O2. The number of hydrogen-bond acceptors (Lipinski definition) is 4. The van der Waals surface area contributed by atoms with Gasteiger partial charge >= 0.3 is 0 Å². The highest BCUT2D eigenvalue weighted by Gasteiger charge is 2.15. The largest absolute Gasteiger partial charge is 0.490 e. The van der Waals surface area contributed by atoms with Crippen molar-refractivity contribution < 1.29 is 9.53 Å². The van der Waals surface area contributed by atoms with Crippen LogP contribution >= 0.6 is 0 Å². The Morgan fingerprint density at radius 2 is 1.88 bits per heavy atom. The van der Waals surface area contributed by atoms with Gasteiger partial charge in [0.2, 0.25) is 0 Å². The van der Waals surface area contributed by atoms with Crippen LogP contribution in [0.25, 0.3) is 0 Å². The number of nitrogens with zero attached hydrogens (tertiary/aromatic N) is 2. The monoisotopic (exact) mass is 425 g/mol. The summed E-state index contributed by atoms with van der Waals surface area (Å²) in [5.74, 6) is 0.492. The normalized spacial score (nSPS) is 13.5. The van der Waals surface area contributed by atoms with Crippen molar-refractivity contribution in [3.05, 3.63) is 113 Å². The summed E-state index contributed by atoms with van der Waals surface area (Å²) in [6.45, 7) is 6.97. The van der Waals surface area contributed by atoms with E-state index in [9.17, 15) is 4.79 Å². The summed E-state index contributed by atoms with van der Waals surface area (Å²) in [5.41, 5.74) is 8.06. The molecule has 0 radical (unpaired) electrons. The number of hydrogen-bond donors (Lipinski definition) is 1. The molecule has 3 aromatic rings. The molecule has 3 aromatic carbocycles. The fourth-order valence-electron chi connectivity index (χ4n) is 3.78. The van der Waals surface area contributed by atoms with E-state index in [1.54, 1.807) is 12.3 Å². The lowest BCUT2D eigenvalue weighted by Gasteiger charge is -2.28. The summed E-state index contributed by atoms with van der Waals surface area (Å²) >= 11 is 0. The highest BCUT2D eigenvalue weighted by Crippen LogP contribution is 2.20. The summed E-state index contributed by atoms with van der Waals surface area (Å²) in [4.78, 5) is 14.8. The standard InChI is InChI=1S/C27H27N3O2/c1-2-16-32-26-9-5-6-22(17-26)18-28-29-27(31)24-12-10-21(11-13-24)19-30-15-14-23-7-3-4-8-25(23)20-30/h2-13,17-18H,1,14-16,19-20H2,(H,29,31)/b28-18-. The lowest BCUT2D eigenvalue weighted by atomic mass is 9.99. The third kappa shape index (κ3) is 5.71. The van der Waals surface area contributed by atoms with E-state index < -0.39 is 0 Å². The van der Waals surface area contributed by atoms with Gasteiger partial charge < -0.3 is 4.74 Å². The van der Waals surface area contributed by atoms with Crippen LogP contribution in [0.1, 0.15) is 32.6 Å². The van der Waals surface area contributed by atoms with Gasteiger partial charge in [-0.05, 0) is 52.9 Å². The van der Waals surface area contributed by atoms with Crippen LogP contribution in [0, 0.1) is 0 Å². The number of fused-ring (bicyclic) bond motifs is 1. The Balaban J connectivity index is 1.30. The van der Waals surface area contributed by atoms with Gasteiger partial charge in [-0.25, -0.2) is 5.43 Å². The van der Waals surface area contributed by atoms with E-state index in [0.29, 0.717) is 12.2 Å². The second kappa shape index (κ2) is 10.6. The van der Waals surface area contributed by atoms with Crippen molar-refractivity contribution in [2.45, 2.75) is 19.5 Å². The van der Waals surface area contributed by atoms with Crippen LogP contribution in [0.3, 0.4) is 0 Å². The molecular weight excluding hydrogens is 398 g/mol. The minimum absolute atomic E-state index is 0.237. The van der Waals surface area contributed by atoms with Gasteiger partial charge in [-0.15, -0.1) is 0 Å². The van der Waals surface area contributed by atoms with Gasteiger partial charge in [-0.3, -0.25) is 9.69 Å². The first-order chi connectivity index (χ1) is 15.7. The van der Waals surface area contributed by atoms with Gasteiger partial charge in [0, 0.05) is 25.2 Å². The number of rotatable bonds is 8. The van der Waals surface area contributed by atoms with Crippen LogP contribution in [0.5, 0.6) is 5.75 Å². The number of benzene rings is 3. The summed E-state index contributed by atoms with van der Waals surface area (Å²) < 4.78 is 5.50. The number of ether oxygens (including phenoxy) is 1. The maximum atomic E-state index is 12.4. The van der Waals surface area contributed by atoms with Crippen LogP contribution < -0.4 is 10.2 Å². The van der Waals surface area contributed by atoms with E-state index in [1.165, 1.54) is 16.7 Å². The Morgan fingerprint density at radius 3 is 2.69 bits per heavy atom. The van der Waals surface area contributed by atoms with Gasteiger partial charge in [0.1, 0.15) is 12.4 Å². The van der Waals surface area contributed by atoms with E-state index in [-0.39, 0.29) is 5.91 Å². The van der Waals surface area contributed by atoms with Crippen molar-refractivity contribution in [2.75, 3.05) is 13.2 Å². The molecule has 1 amide bonds. The minimum Gasteiger partial charge on any atom is -0.490 e. The Morgan fingerprint density at radius 1 is 1.06 bits per heavy atom. The van der Waals surface area contributed by atoms with E-state index in [0.717, 1.165) is 37.4 Å². The number of carbonyl (C=O) groups is 1. The fourth-order valence-corrected chi connectivity index (χ4v) is 3.78. The molecule has 1 aliphatic rings. The average Bonchev–Trinajstić information content (AvgIpc) is 2.83. The zero-order valence-corrected chi connectivity index (χ0v) is 18.0. The van der Waals surface area contributed by atoms with Crippen molar-refractivity contribution in [3.63, 3.8) is 0 Å². The Kier molecular flexibility index (Phi) is 7.10. The molecule has 162 valence electrons. The van der Waals surface area contributed by atoms with Crippen LogP contribution in [0.15, 0.2) is 90.6 Å². The molecule has 1 N–H and O–H groups in total. The zero-order valence-electron chi connectivity index (χ0n) is 18.0. The van der Waals surface area contributed by atoms with E-state index in [2.05, 4.69) is 46.3 Å². The molecule has 32 heavy (non-hydrogen) atoms. The lowest BCUT2D eigenvalue weighted by molar-refractivity contribution is 0.0955. The fraction of sp³-hybridized carbons (Fsp3) is 0.185. The molecule has 1 heterocycles. The number of nitrogens with one attached hydrogen (secondary N) is 1. The molecule has 0 saturated heterocycles. The van der Waals surface area contributed by atoms with E-state index in [4.69, 9.17) is 4.74 Å². The predicted octanol–water partition coefficient (Wildman–Crippen LogP) is 4.57. The third-order valence-electron chi connectivity index (χ3n) is 5.44. The number of carbonyl (C=O) groups excluding carboxylic acids is 1. The molecule has 0 aliphatic carbocycles. The van der Waals surface area contributed by atoms with E-state index in [1.807, 2.05) is 48.5 Å². The molecule has 0 fully saturated rings. The van der Waals surface area contributed by atoms with Crippen LogP contribution in [-0.2, 0) is 19.5 Å². The molecule has 0 bridgehead atoms. The zero-order chi connectivity index (χ0) is 22.2. The molecule has 0 unspecified atom stereocenters. The van der Waals surface area contributed by atoms with Crippen molar-refractivity contribution in [3.8, 4) is 5.75 Å². The summed E-state index contributed by atoms with van der Waals surface area (Å²) in [5, 5.41) is 4.07. The number of amides is 1. The highest BCUT2D eigenvalue weighted by molar-refractivity contribution is 5.94. The Labute approximate surface area is 189 Å². The summed E-state index contributed by atoms with van der Waals surface area (Å²) in [6, 6.07) is 23.9. The lowest BCUT2D eigenvalue weighted by Crippen LogP contribution is -2.30. The number of hydrazone groups is 1. The van der Waals surface area contributed by atoms with Gasteiger partial charge in [0.25, 0.3) is 5.91 Å². The third-order valence-corrected chi connectivity index (χ3v) is 5.44. The Hall–Kier alpha value is -3.70. The van der Waals surface area contributed by atoms with Crippen LogP contribution in [-0.4, -0.2) is 30.2 Å². The molecule has 0 atom stereocenters. The highest BCUT2D eigenvalue weighted by atomic mass is 16.5. The molecule has 0 spiro atoms. The second-order valence-electron chi connectivity index (χ2n) is 7.80. The maximum absolute atomic E-state index is 12.4. The van der Waals surface area contributed by atoms with Gasteiger partial charge in [0.15, 0.2) is 0 Å². The summed E-state index contributed by atoms with van der Waals surface area (Å²) in [7, 11) is 0. The van der Waals surface area contributed by atoms with Gasteiger partial charge in [0.05, 0.1) is 6.21 Å².